The number of methoxy groups -OCH3 is 1. The van der Waals surface area contributed by atoms with Gasteiger partial charge >= 0.3 is 6.18 Å². The Morgan fingerprint density at radius 1 is 1.28 bits per heavy atom. The van der Waals surface area contributed by atoms with Crippen molar-refractivity contribution in [2.24, 2.45) is 0 Å². The molecule has 0 heterocycles. The summed E-state index contributed by atoms with van der Waals surface area (Å²) in [7, 11) is 2.89. The van der Waals surface area contributed by atoms with Crippen molar-refractivity contribution in [1.82, 2.24) is 5.32 Å². The number of rotatable bonds is 2. The molecule has 0 spiro atoms. The van der Waals surface area contributed by atoms with Crippen molar-refractivity contribution in [2.75, 3.05) is 14.2 Å². The number of fused-ring (bicyclic) bond motifs is 1. The Balaban J connectivity index is 2.38. The van der Waals surface area contributed by atoms with Crippen LogP contribution >= 0.6 is 0 Å². The van der Waals surface area contributed by atoms with Crippen LogP contribution in [0.1, 0.15) is 17.5 Å². The molecule has 1 unspecified atom stereocenters. The Kier molecular flexibility index (Phi) is 3.27. The third-order valence-corrected chi connectivity index (χ3v) is 3.75. The van der Waals surface area contributed by atoms with E-state index in [1.54, 1.807) is 12.1 Å². The van der Waals surface area contributed by atoms with Crippen LogP contribution in [0.5, 0.6) is 5.75 Å². The maximum atomic E-state index is 13.2. The van der Waals surface area contributed by atoms with Gasteiger partial charge in [0.15, 0.2) is 0 Å². The number of likely N-dealkylation sites (N-methyl/N-ethyl adjacent to an activating group) is 1. The number of aryl methyl sites for hydroxylation is 1. The summed E-state index contributed by atoms with van der Waals surface area (Å²) in [5.41, 5.74) is -0.120. The van der Waals surface area contributed by atoms with Crippen LogP contribution in [0.2, 0.25) is 0 Å². The maximum absolute atomic E-state index is 13.2. The molecule has 0 bridgehead atoms. The Labute approximate surface area is 104 Å². The van der Waals surface area contributed by atoms with Crippen molar-refractivity contribution in [3.05, 3.63) is 29.3 Å². The Bertz CT molecular complexity index is 444. The summed E-state index contributed by atoms with van der Waals surface area (Å²) in [5, 5.41) is 2.47. The first-order valence-electron chi connectivity index (χ1n) is 5.83. The minimum absolute atomic E-state index is 0.0421. The van der Waals surface area contributed by atoms with E-state index in [2.05, 4.69) is 5.32 Å². The van der Waals surface area contributed by atoms with E-state index in [0.717, 1.165) is 5.56 Å². The monoisotopic (exact) mass is 259 g/mol. The summed E-state index contributed by atoms with van der Waals surface area (Å²) in [4.78, 5) is 0. The van der Waals surface area contributed by atoms with E-state index in [-0.39, 0.29) is 12.8 Å². The van der Waals surface area contributed by atoms with Gasteiger partial charge < -0.3 is 10.1 Å². The van der Waals surface area contributed by atoms with Crippen LogP contribution in [-0.2, 0) is 12.8 Å². The van der Waals surface area contributed by atoms with Crippen LogP contribution in [-0.4, -0.2) is 25.9 Å². The smallest absolute Gasteiger partial charge is 0.406 e. The van der Waals surface area contributed by atoms with Gasteiger partial charge in [-0.15, -0.1) is 0 Å². The topological polar surface area (TPSA) is 21.3 Å². The summed E-state index contributed by atoms with van der Waals surface area (Å²) in [6, 6.07) is 5.34. The predicted octanol–water partition coefficient (Wildman–Crippen LogP) is 2.70. The molecule has 1 aromatic rings. The number of hydrogen-bond acceptors (Lipinski definition) is 2. The zero-order valence-corrected chi connectivity index (χ0v) is 10.4. The summed E-state index contributed by atoms with van der Waals surface area (Å²) < 4.78 is 44.6. The molecule has 0 aromatic heterocycles. The van der Waals surface area contributed by atoms with E-state index >= 15 is 0 Å². The molecule has 0 aliphatic heterocycles. The van der Waals surface area contributed by atoms with Crippen molar-refractivity contribution >= 4 is 0 Å². The molecule has 5 heteroatoms. The van der Waals surface area contributed by atoms with Gasteiger partial charge in [-0.25, -0.2) is 0 Å². The van der Waals surface area contributed by atoms with Gasteiger partial charge in [0.05, 0.1) is 7.11 Å². The Hall–Kier alpha value is -1.23. The lowest BCUT2D eigenvalue weighted by atomic mass is 9.77. The molecule has 0 fully saturated rings. The van der Waals surface area contributed by atoms with Crippen LogP contribution in [0.3, 0.4) is 0 Å². The number of alkyl halides is 3. The number of nitrogens with one attached hydrogen (secondary N) is 1. The van der Waals surface area contributed by atoms with Crippen LogP contribution in [0, 0.1) is 0 Å². The van der Waals surface area contributed by atoms with Crippen molar-refractivity contribution < 1.29 is 17.9 Å². The predicted molar refractivity (Wildman–Crippen MR) is 62.9 cm³/mol. The molecule has 1 aromatic carbocycles. The Morgan fingerprint density at radius 2 is 2.00 bits per heavy atom. The zero-order valence-electron chi connectivity index (χ0n) is 10.4. The molecule has 1 N–H and O–H groups in total. The van der Waals surface area contributed by atoms with Crippen molar-refractivity contribution in [1.29, 1.82) is 0 Å². The third-order valence-electron chi connectivity index (χ3n) is 3.75. The van der Waals surface area contributed by atoms with Crippen LogP contribution < -0.4 is 10.1 Å². The van der Waals surface area contributed by atoms with E-state index in [9.17, 15) is 13.2 Å². The van der Waals surface area contributed by atoms with Gasteiger partial charge in [0.25, 0.3) is 0 Å². The maximum Gasteiger partial charge on any atom is 0.406 e. The van der Waals surface area contributed by atoms with Crippen LogP contribution in [0.4, 0.5) is 13.2 Å². The average molecular weight is 259 g/mol. The third kappa shape index (κ3) is 2.07. The van der Waals surface area contributed by atoms with Crippen molar-refractivity contribution in [3.63, 3.8) is 0 Å². The summed E-state index contributed by atoms with van der Waals surface area (Å²) in [5.74, 6) is 0.600. The summed E-state index contributed by atoms with van der Waals surface area (Å²) >= 11 is 0. The second kappa shape index (κ2) is 4.46. The van der Waals surface area contributed by atoms with Gasteiger partial charge in [0, 0.05) is 0 Å². The van der Waals surface area contributed by atoms with Crippen molar-refractivity contribution in [3.8, 4) is 5.75 Å². The van der Waals surface area contributed by atoms with Gasteiger partial charge in [-0.1, -0.05) is 6.07 Å². The Morgan fingerprint density at radius 3 is 2.56 bits per heavy atom. The number of halogens is 3. The fourth-order valence-corrected chi connectivity index (χ4v) is 2.50. The molecule has 2 rings (SSSR count). The molecule has 0 radical (unpaired) electrons. The lowest BCUT2D eigenvalue weighted by Gasteiger charge is -2.39. The number of benzene rings is 1. The van der Waals surface area contributed by atoms with Gasteiger partial charge in [-0.05, 0) is 49.6 Å². The lowest BCUT2D eigenvalue weighted by Crippen LogP contribution is -2.58. The molecule has 2 nitrogen and oxygen atoms in total. The van der Waals surface area contributed by atoms with E-state index in [1.807, 2.05) is 6.07 Å². The quantitative estimate of drug-likeness (QED) is 0.881. The van der Waals surface area contributed by atoms with E-state index < -0.39 is 11.7 Å². The highest BCUT2D eigenvalue weighted by molar-refractivity contribution is 5.39. The second-order valence-corrected chi connectivity index (χ2v) is 4.64. The number of hydrogen-bond donors (Lipinski definition) is 1. The first-order chi connectivity index (χ1) is 8.42. The lowest BCUT2D eigenvalue weighted by molar-refractivity contribution is -0.198. The fourth-order valence-electron chi connectivity index (χ4n) is 2.50. The van der Waals surface area contributed by atoms with Crippen LogP contribution in [0.15, 0.2) is 18.2 Å². The van der Waals surface area contributed by atoms with Gasteiger partial charge in [-0.3, -0.25) is 0 Å². The molecular formula is C13H16F3NO. The highest BCUT2D eigenvalue weighted by atomic mass is 19.4. The second-order valence-electron chi connectivity index (χ2n) is 4.64. The molecule has 1 aliphatic carbocycles. The highest BCUT2D eigenvalue weighted by Crippen LogP contribution is 2.41. The van der Waals surface area contributed by atoms with Crippen molar-refractivity contribution in [2.45, 2.75) is 31.0 Å². The highest BCUT2D eigenvalue weighted by Gasteiger charge is 2.54. The molecule has 0 saturated heterocycles. The first-order valence-corrected chi connectivity index (χ1v) is 5.83. The molecule has 18 heavy (non-hydrogen) atoms. The van der Waals surface area contributed by atoms with E-state index in [1.165, 1.54) is 14.2 Å². The molecule has 0 amide bonds. The van der Waals surface area contributed by atoms with Crippen LogP contribution in [0.25, 0.3) is 0 Å². The van der Waals surface area contributed by atoms with E-state index in [0.29, 0.717) is 17.7 Å². The minimum atomic E-state index is -4.25. The largest absolute Gasteiger partial charge is 0.497 e. The zero-order chi connectivity index (χ0) is 13.4. The minimum Gasteiger partial charge on any atom is -0.497 e. The molecule has 0 saturated carbocycles. The molecule has 1 aliphatic rings. The first kappa shape index (κ1) is 13.2. The summed E-state index contributed by atoms with van der Waals surface area (Å²) in [6.45, 7) is 0. The van der Waals surface area contributed by atoms with Gasteiger partial charge in [-0.2, -0.15) is 13.2 Å². The van der Waals surface area contributed by atoms with Gasteiger partial charge in [0.2, 0.25) is 0 Å². The molecule has 1 atom stereocenters. The standard InChI is InChI=1S/C13H16F3NO/c1-17-12(13(14,15)16)6-5-9-3-4-11(18-2)7-10(9)8-12/h3-4,7,17H,5-6,8H2,1-2H3. The number of ether oxygens (including phenoxy) is 1. The fraction of sp³-hybridized carbons (Fsp3) is 0.538. The normalized spacial score (nSPS) is 23.6. The average Bonchev–Trinajstić information content (AvgIpc) is 2.35. The molecular weight excluding hydrogens is 243 g/mol. The SMILES string of the molecule is CNC1(C(F)(F)F)CCc2ccc(OC)cc2C1. The molecule has 100 valence electrons. The summed E-state index contributed by atoms with van der Waals surface area (Å²) in [6.07, 6.45) is -3.78. The van der Waals surface area contributed by atoms with Gasteiger partial charge in [0.1, 0.15) is 11.3 Å². The van der Waals surface area contributed by atoms with E-state index in [4.69, 9.17) is 4.74 Å².